The Balaban J connectivity index is 0.000000431. The van der Waals surface area contributed by atoms with Crippen LogP contribution in [0.1, 0.15) is 22.9 Å². The van der Waals surface area contributed by atoms with Crippen LogP contribution in [0.15, 0.2) is 35.7 Å². The molecule has 0 amide bonds. The van der Waals surface area contributed by atoms with Gasteiger partial charge in [-0.15, -0.1) is 11.3 Å². The summed E-state index contributed by atoms with van der Waals surface area (Å²) in [4.78, 5) is 15.4. The molecule has 1 atom stereocenters. The first-order valence-corrected chi connectivity index (χ1v) is 10.2. The summed E-state index contributed by atoms with van der Waals surface area (Å²) in [5.74, 6) is -0.866. The number of carboxylic acid groups (broad SMARTS) is 1. The van der Waals surface area contributed by atoms with Crippen LogP contribution in [-0.2, 0) is 33.7 Å². The van der Waals surface area contributed by atoms with Gasteiger partial charge in [0.05, 0.1) is 0 Å². The number of benzene rings is 1. The summed E-state index contributed by atoms with van der Waals surface area (Å²) in [6.45, 7) is 3.11. The van der Waals surface area contributed by atoms with Gasteiger partial charge in [0.15, 0.2) is 0 Å². The Morgan fingerprint density at radius 3 is 2.46 bits per heavy atom. The molecule has 0 fully saturated rings. The van der Waals surface area contributed by atoms with E-state index in [1.54, 1.807) is 30.4 Å². The van der Waals surface area contributed by atoms with Crippen LogP contribution in [0.25, 0.3) is 0 Å². The van der Waals surface area contributed by atoms with Crippen LogP contribution in [0.5, 0.6) is 0 Å². The van der Waals surface area contributed by atoms with Gasteiger partial charge in [0, 0.05) is 28.6 Å². The van der Waals surface area contributed by atoms with E-state index < -0.39 is 21.9 Å². The highest BCUT2D eigenvalue weighted by atomic mass is 35.5. The highest BCUT2D eigenvalue weighted by Gasteiger charge is 2.43. The Bertz CT molecular complexity index is 890. The predicted octanol–water partition coefficient (Wildman–Crippen LogP) is 3.11. The van der Waals surface area contributed by atoms with Gasteiger partial charge < -0.3 is 5.11 Å². The quantitative estimate of drug-likeness (QED) is 0.654. The van der Waals surface area contributed by atoms with Gasteiger partial charge >= 0.3 is 16.4 Å². The van der Waals surface area contributed by atoms with Crippen molar-refractivity contribution in [1.82, 2.24) is 4.90 Å². The third-order valence-corrected chi connectivity index (χ3v) is 5.61. The number of carboxylic acids is 1. The van der Waals surface area contributed by atoms with E-state index in [2.05, 4.69) is 11.4 Å². The normalized spacial score (nSPS) is 16.8. The van der Waals surface area contributed by atoms with Crippen molar-refractivity contribution in [3.63, 3.8) is 0 Å². The average Bonchev–Trinajstić information content (AvgIpc) is 3.00. The molecule has 1 aliphatic rings. The van der Waals surface area contributed by atoms with Crippen molar-refractivity contribution in [3.05, 3.63) is 56.7 Å². The van der Waals surface area contributed by atoms with Crippen molar-refractivity contribution in [2.45, 2.75) is 25.4 Å². The van der Waals surface area contributed by atoms with E-state index in [9.17, 15) is 9.90 Å². The first kappa shape index (κ1) is 20.8. The fourth-order valence-corrected chi connectivity index (χ4v) is 4.12. The number of rotatable bonds is 3. The van der Waals surface area contributed by atoms with Crippen LogP contribution in [0.4, 0.5) is 0 Å². The van der Waals surface area contributed by atoms with Gasteiger partial charge in [0.25, 0.3) is 0 Å². The van der Waals surface area contributed by atoms with E-state index in [4.69, 9.17) is 29.1 Å². The zero-order valence-electron chi connectivity index (χ0n) is 13.8. The first-order valence-electron chi connectivity index (χ1n) is 7.52. The first-order chi connectivity index (χ1) is 12.0. The molecule has 26 heavy (non-hydrogen) atoms. The third kappa shape index (κ3) is 4.81. The van der Waals surface area contributed by atoms with Gasteiger partial charge in [-0.05, 0) is 36.4 Å². The smallest absolute Gasteiger partial charge is 0.394 e. The zero-order chi connectivity index (χ0) is 19.5. The summed E-state index contributed by atoms with van der Waals surface area (Å²) < 4.78 is 31.6. The van der Waals surface area contributed by atoms with Crippen molar-refractivity contribution in [3.8, 4) is 0 Å². The average molecular weight is 420 g/mol. The van der Waals surface area contributed by atoms with Crippen molar-refractivity contribution < 1.29 is 27.4 Å². The minimum absolute atomic E-state index is 0.499. The van der Waals surface area contributed by atoms with E-state index in [0.717, 1.165) is 13.0 Å². The topological polar surface area (TPSA) is 115 Å². The van der Waals surface area contributed by atoms with Crippen LogP contribution in [-0.4, -0.2) is 40.0 Å². The van der Waals surface area contributed by atoms with E-state index in [1.807, 2.05) is 17.0 Å². The van der Waals surface area contributed by atoms with Crippen LogP contribution < -0.4 is 0 Å². The molecule has 2 heterocycles. The molecule has 3 rings (SSSR count). The van der Waals surface area contributed by atoms with Gasteiger partial charge in [-0.3, -0.25) is 14.0 Å². The largest absolute Gasteiger partial charge is 0.480 e. The third-order valence-electron chi connectivity index (χ3n) is 4.25. The fraction of sp³-hybridized carbons (Fsp3) is 0.312. The minimum Gasteiger partial charge on any atom is -0.480 e. The standard InChI is InChI=1S/C16H16ClNO2S.H2O4S/c1-16(15(19)20,12-4-2-3-5-13(12)17)18-8-6-14-11(10-18)7-9-21-14;1-5(2,3)4/h2-5,7,9H,6,8,10H2,1H3,(H,19,20);(H2,1,2,3,4). The molecule has 1 aromatic carbocycles. The number of hydrogen-bond donors (Lipinski definition) is 3. The highest BCUT2D eigenvalue weighted by molar-refractivity contribution is 7.79. The SMILES string of the molecule is CC(C(=O)O)(c1ccccc1Cl)N1CCc2sccc2C1.O=S(=O)(O)O. The maximum atomic E-state index is 12.0. The molecule has 142 valence electrons. The van der Waals surface area contributed by atoms with Gasteiger partial charge in [-0.25, -0.2) is 4.79 Å². The van der Waals surface area contributed by atoms with E-state index in [-0.39, 0.29) is 0 Å². The maximum Gasteiger partial charge on any atom is 0.394 e. The molecular formula is C16H18ClNO6S2. The number of nitrogens with zero attached hydrogens (tertiary/aromatic N) is 1. The Hall–Kier alpha value is -1.49. The Morgan fingerprint density at radius 2 is 1.88 bits per heavy atom. The highest BCUT2D eigenvalue weighted by Crippen LogP contribution is 2.37. The van der Waals surface area contributed by atoms with Crippen molar-refractivity contribution >= 4 is 39.3 Å². The molecular weight excluding hydrogens is 402 g/mol. The van der Waals surface area contributed by atoms with E-state index >= 15 is 0 Å². The Kier molecular flexibility index (Phi) is 6.43. The fourth-order valence-electron chi connectivity index (χ4n) is 2.91. The van der Waals surface area contributed by atoms with Crippen molar-refractivity contribution in [2.24, 2.45) is 0 Å². The molecule has 0 saturated carbocycles. The minimum atomic E-state index is -4.67. The molecule has 0 bridgehead atoms. The van der Waals surface area contributed by atoms with E-state index in [0.29, 0.717) is 17.1 Å². The van der Waals surface area contributed by atoms with Gasteiger partial charge in [0.1, 0.15) is 5.54 Å². The number of carbonyl (C=O) groups is 1. The molecule has 2 aromatic rings. The lowest BCUT2D eigenvalue weighted by atomic mass is 9.88. The molecule has 0 spiro atoms. The second kappa shape index (κ2) is 8.03. The van der Waals surface area contributed by atoms with Gasteiger partial charge in [-0.1, -0.05) is 29.8 Å². The molecule has 7 nitrogen and oxygen atoms in total. The summed E-state index contributed by atoms with van der Waals surface area (Å²) in [5, 5.41) is 12.4. The predicted molar refractivity (Wildman–Crippen MR) is 99.1 cm³/mol. The lowest BCUT2D eigenvalue weighted by Crippen LogP contribution is -2.51. The van der Waals surface area contributed by atoms with Crippen molar-refractivity contribution in [2.75, 3.05) is 6.54 Å². The Labute approximate surface area is 160 Å². The summed E-state index contributed by atoms with van der Waals surface area (Å²) >= 11 is 8.01. The lowest BCUT2D eigenvalue weighted by Gasteiger charge is -2.40. The number of halogens is 1. The number of aliphatic carboxylic acids is 1. The Morgan fingerprint density at radius 1 is 1.27 bits per heavy atom. The number of hydrogen-bond acceptors (Lipinski definition) is 5. The van der Waals surface area contributed by atoms with Crippen LogP contribution >= 0.6 is 22.9 Å². The molecule has 1 aromatic heterocycles. The summed E-state index contributed by atoms with van der Waals surface area (Å²) in [5.41, 5.74) is 0.765. The molecule has 3 N–H and O–H groups in total. The molecule has 10 heteroatoms. The maximum absolute atomic E-state index is 12.0. The van der Waals surface area contributed by atoms with Crippen molar-refractivity contribution in [1.29, 1.82) is 0 Å². The lowest BCUT2D eigenvalue weighted by molar-refractivity contribution is -0.152. The molecule has 0 radical (unpaired) electrons. The molecule has 0 aliphatic carbocycles. The second-order valence-corrected chi connectivity index (χ2v) is 8.15. The van der Waals surface area contributed by atoms with E-state index in [1.165, 1.54) is 10.4 Å². The molecule has 1 aliphatic heterocycles. The van der Waals surface area contributed by atoms with Crippen LogP contribution in [0.2, 0.25) is 5.02 Å². The van der Waals surface area contributed by atoms with Gasteiger partial charge in [-0.2, -0.15) is 8.42 Å². The second-order valence-electron chi connectivity index (χ2n) is 5.85. The number of fused-ring (bicyclic) bond motifs is 1. The summed E-state index contributed by atoms with van der Waals surface area (Å²) in [6, 6.07) is 9.29. The monoisotopic (exact) mass is 419 g/mol. The number of thiophene rings is 1. The van der Waals surface area contributed by atoms with Crippen LogP contribution in [0, 0.1) is 0 Å². The zero-order valence-corrected chi connectivity index (χ0v) is 16.2. The van der Waals surface area contributed by atoms with Gasteiger partial charge in [0.2, 0.25) is 0 Å². The molecule has 0 saturated heterocycles. The molecule has 1 unspecified atom stereocenters. The summed E-state index contributed by atoms with van der Waals surface area (Å²) in [7, 11) is -4.67. The van der Waals surface area contributed by atoms with Crippen LogP contribution in [0.3, 0.4) is 0 Å². The summed E-state index contributed by atoms with van der Waals surface area (Å²) in [6.07, 6.45) is 0.889.